The standard InChI is InChI=1S/C21H14Cl2O2/c22-16-5-1-14(2-6-16)20-11-9-18(24-20)13-19-10-12-21(25-19)15-3-7-17(23)8-4-15/h1-12H,13H2. The van der Waals surface area contributed by atoms with Crippen molar-refractivity contribution in [2.24, 2.45) is 0 Å². The van der Waals surface area contributed by atoms with Crippen LogP contribution >= 0.6 is 23.2 Å². The zero-order valence-electron chi connectivity index (χ0n) is 13.2. The van der Waals surface area contributed by atoms with E-state index in [-0.39, 0.29) is 0 Å². The molecule has 0 amide bonds. The van der Waals surface area contributed by atoms with Crippen LogP contribution in [0.2, 0.25) is 10.0 Å². The minimum Gasteiger partial charge on any atom is -0.461 e. The van der Waals surface area contributed by atoms with Gasteiger partial charge in [-0.1, -0.05) is 23.2 Å². The highest BCUT2D eigenvalue weighted by Crippen LogP contribution is 2.27. The van der Waals surface area contributed by atoms with Crippen molar-refractivity contribution in [1.82, 2.24) is 0 Å². The molecule has 4 aromatic rings. The van der Waals surface area contributed by atoms with E-state index in [4.69, 9.17) is 32.0 Å². The molecule has 0 unspecified atom stereocenters. The van der Waals surface area contributed by atoms with E-state index < -0.39 is 0 Å². The van der Waals surface area contributed by atoms with Crippen LogP contribution < -0.4 is 0 Å². The molecule has 0 N–H and O–H groups in total. The molecule has 2 nitrogen and oxygen atoms in total. The summed E-state index contributed by atoms with van der Waals surface area (Å²) in [5, 5.41) is 1.42. The highest BCUT2D eigenvalue weighted by molar-refractivity contribution is 6.30. The van der Waals surface area contributed by atoms with Gasteiger partial charge < -0.3 is 8.83 Å². The second-order valence-electron chi connectivity index (χ2n) is 5.72. The lowest BCUT2D eigenvalue weighted by molar-refractivity contribution is 0.487. The van der Waals surface area contributed by atoms with Gasteiger partial charge >= 0.3 is 0 Å². The number of hydrogen-bond donors (Lipinski definition) is 0. The molecule has 4 heteroatoms. The third-order valence-corrected chi connectivity index (χ3v) is 4.43. The summed E-state index contributed by atoms with van der Waals surface area (Å²) < 4.78 is 11.8. The van der Waals surface area contributed by atoms with Crippen molar-refractivity contribution in [2.75, 3.05) is 0 Å². The maximum absolute atomic E-state index is 5.92. The zero-order valence-corrected chi connectivity index (χ0v) is 14.7. The van der Waals surface area contributed by atoms with Gasteiger partial charge in [-0.2, -0.15) is 0 Å². The molecule has 124 valence electrons. The maximum Gasteiger partial charge on any atom is 0.134 e. The van der Waals surface area contributed by atoms with E-state index in [9.17, 15) is 0 Å². The minimum atomic E-state index is 0.598. The Labute approximate surface area is 155 Å². The molecule has 0 spiro atoms. The number of hydrogen-bond acceptors (Lipinski definition) is 2. The van der Waals surface area contributed by atoms with Gasteiger partial charge in [0.1, 0.15) is 23.0 Å². The molecule has 25 heavy (non-hydrogen) atoms. The summed E-state index contributed by atoms with van der Waals surface area (Å²) >= 11 is 11.8. The molecule has 0 aliphatic rings. The van der Waals surface area contributed by atoms with E-state index in [1.54, 1.807) is 0 Å². The average Bonchev–Trinajstić information content (AvgIpc) is 3.27. The first kappa shape index (κ1) is 16.1. The molecule has 0 atom stereocenters. The van der Waals surface area contributed by atoms with E-state index >= 15 is 0 Å². The minimum absolute atomic E-state index is 0.598. The summed E-state index contributed by atoms with van der Waals surface area (Å²) in [4.78, 5) is 0. The molecule has 0 aliphatic heterocycles. The van der Waals surface area contributed by atoms with E-state index in [1.165, 1.54) is 0 Å². The maximum atomic E-state index is 5.92. The Balaban J connectivity index is 1.51. The zero-order chi connectivity index (χ0) is 17.2. The molecule has 0 bridgehead atoms. The molecule has 4 rings (SSSR count). The first-order valence-electron chi connectivity index (χ1n) is 7.87. The predicted octanol–water partition coefficient (Wildman–Crippen LogP) is 7.10. The highest BCUT2D eigenvalue weighted by atomic mass is 35.5. The van der Waals surface area contributed by atoms with Crippen LogP contribution in [0.1, 0.15) is 11.5 Å². The van der Waals surface area contributed by atoms with E-state index in [2.05, 4.69) is 0 Å². The van der Waals surface area contributed by atoms with Crippen LogP contribution in [0.15, 0.2) is 81.6 Å². The van der Waals surface area contributed by atoms with Gasteiger partial charge in [-0.3, -0.25) is 0 Å². The van der Waals surface area contributed by atoms with Crippen LogP contribution in [-0.2, 0) is 6.42 Å². The average molecular weight is 369 g/mol. The van der Waals surface area contributed by atoms with Crippen molar-refractivity contribution in [3.8, 4) is 22.6 Å². The van der Waals surface area contributed by atoms with Crippen LogP contribution in [0.5, 0.6) is 0 Å². The molecule has 2 heterocycles. The second-order valence-corrected chi connectivity index (χ2v) is 6.60. The largest absolute Gasteiger partial charge is 0.461 e. The lowest BCUT2D eigenvalue weighted by Crippen LogP contribution is -1.81. The summed E-state index contributed by atoms with van der Waals surface area (Å²) in [5.74, 6) is 3.33. The molecule has 0 saturated carbocycles. The Morgan fingerprint density at radius 2 is 0.920 bits per heavy atom. The van der Waals surface area contributed by atoms with Crippen molar-refractivity contribution in [1.29, 1.82) is 0 Å². The Morgan fingerprint density at radius 3 is 1.32 bits per heavy atom. The molecule has 0 aliphatic carbocycles. The van der Waals surface area contributed by atoms with Gasteiger partial charge in [-0.25, -0.2) is 0 Å². The molecule has 2 aromatic carbocycles. The van der Waals surface area contributed by atoms with Gasteiger partial charge in [0.15, 0.2) is 0 Å². The van der Waals surface area contributed by atoms with Crippen molar-refractivity contribution >= 4 is 23.2 Å². The van der Waals surface area contributed by atoms with E-state index in [1.807, 2.05) is 72.8 Å². The monoisotopic (exact) mass is 368 g/mol. The van der Waals surface area contributed by atoms with Gasteiger partial charge in [-0.05, 0) is 72.8 Å². The summed E-state index contributed by atoms with van der Waals surface area (Å²) in [5.41, 5.74) is 1.99. The van der Waals surface area contributed by atoms with Crippen molar-refractivity contribution < 1.29 is 8.83 Å². The fourth-order valence-corrected chi connectivity index (χ4v) is 2.91. The molecular weight excluding hydrogens is 355 g/mol. The van der Waals surface area contributed by atoms with Crippen molar-refractivity contribution in [3.05, 3.63) is 94.4 Å². The lowest BCUT2D eigenvalue weighted by atomic mass is 10.2. The van der Waals surface area contributed by atoms with Crippen molar-refractivity contribution in [2.45, 2.75) is 6.42 Å². The first-order valence-corrected chi connectivity index (χ1v) is 8.62. The van der Waals surface area contributed by atoms with Crippen LogP contribution in [0.3, 0.4) is 0 Å². The van der Waals surface area contributed by atoms with Gasteiger partial charge in [0, 0.05) is 21.2 Å². The topological polar surface area (TPSA) is 26.3 Å². The smallest absolute Gasteiger partial charge is 0.134 e. The van der Waals surface area contributed by atoms with Crippen LogP contribution in [-0.4, -0.2) is 0 Å². The Morgan fingerprint density at radius 1 is 0.520 bits per heavy atom. The first-order chi connectivity index (χ1) is 12.2. The number of furan rings is 2. The van der Waals surface area contributed by atoms with Gasteiger partial charge in [0.05, 0.1) is 6.42 Å². The Bertz CT molecular complexity index is 898. The molecular formula is C21H14Cl2O2. The predicted molar refractivity (Wildman–Crippen MR) is 101 cm³/mol. The third-order valence-electron chi connectivity index (χ3n) is 3.93. The lowest BCUT2D eigenvalue weighted by Gasteiger charge is -1.99. The number of rotatable bonds is 4. The normalized spacial score (nSPS) is 11.0. The van der Waals surface area contributed by atoms with Crippen LogP contribution in [0.25, 0.3) is 22.6 Å². The Kier molecular flexibility index (Phi) is 4.39. The highest BCUT2D eigenvalue weighted by Gasteiger charge is 2.09. The second kappa shape index (κ2) is 6.83. The van der Waals surface area contributed by atoms with Crippen molar-refractivity contribution in [3.63, 3.8) is 0 Å². The molecule has 2 aromatic heterocycles. The Hall–Kier alpha value is -2.42. The summed E-state index contributed by atoms with van der Waals surface area (Å²) in [7, 11) is 0. The summed E-state index contributed by atoms with van der Waals surface area (Å²) in [6, 6.07) is 23.0. The third kappa shape index (κ3) is 3.65. The number of benzene rings is 2. The molecule has 0 saturated heterocycles. The fourth-order valence-electron chi connectivity index (χ4n) is 2.66. The quantitative estimate of drug-likeness (QED) is 0.383. The van der Waals surface area contributed by atoms with Crippen LogP contribution in [0.4, 0.5) is 0 Å². The van der Waals surface area contributed by atoms with Gasteiger partial charge in [-0.15, -0.1) is 0 Å². The molecule has 0 radical (unpaired) electrons. The van der Waals surface area contributed by atoms with Crippen LogP contribution in [0, 0.1) is 0 Å². The summed E-state index contributed by atoms with van der Waals surface area (Å²) in [6.07, 6.45) is 0.598. The SMILES string of the molecule is Clc1ccc(-c2ccc(Cc3ccc(-c4ccc(Cl)cc4)o3)o2)cc1. The fraction of sp³-hybridized carbons (Fsp3) is 0.0476. The molecule has 0 fully saturated rings. The van der Waals surface area contributed by atoms with E-state index in [0.29, 0.717) is 16.5 Å². The number of halogens is 2. The van der Waals surface area contributed by atoms with Gasteiger partial charge in [0.2, 0.25) is 0 Å². The van der Waals surface area contributed by atoms with E-state index in [0.717, 1.165) is 34.2 Å². The van der Waals surface area contributed by atoms with Gasteiger partial charge in [0.25, 0.3) is 0 Å². The summed E-state index contributed by atoms with van der Waals surface area (Å²) in [6.45, 7) is 0.